The molecule has 0 radical (unpaired) electrons. The van der Waals surface area contributed by atoms with Gasteiger partial charge in [0.25, 0.3) is 17.7 Å². The summed E-state index contributed by atoms with van der Waals surface area (Å²) in [7, 11) is 3.03. The lowest BCUT2D eigenvalue weighted by Crippen LogP contribution is -2.50. The summed E-state index contributed by atoms with van der Waals surface area (Å²) in [4.78, 5) is 75.0. The normalized spacial score (nSPS) is 15.8. The summed E-state index contributed by atoms with van der Waals surface area (Å²) in [5.74, 6) is -1.51. The average molecular weight is 795 g/mol. The van der Waals surface area contributed by atoms with E-state index in [1.165, 1.54) is 48.2 Å². The van der Waals surface area contributed by atoms with Crippen LogP contribution in [0.15, 0.2) is 36.4 Å². The van der Waals surface area contributed by atoms with Crippen molar-refractivity contribution in [1.82, 2.24) is 16.0 Å². The number of fused-ring (bicyclic) bond motifs is 2. The number of hydrogen-bond donors (Lipinski definition) is 5. The van der Waals surface area contributed by atoms with E-state index in [1.54, 1.807) is 53.7 Å². The third kappa shape index (κ3) is 14.9. The fourth-order valence-corrected chi connectivity index (χ4v) is 4.78. The number of carboxylic acids is 1. The molecule has 2 atom stereocenters. The van der Waals surface area contributed by atoms with E-state index in [-0.39, 0.29) is 37.6 Å². The Hall–Kier alpha value is -6.60. The molecule has 19 nitrogen and oxygen atoms in total. The van der Waals surface area contributed by atoms with Gasteiger partial charge in [-0.2, -0.15) is 10.5 Å². The molecule has 5 amide bonds. The number of nitriles is 2. The fourth-order valence-electron chi connectivity index (χ4n) is 4.78. The second kappa shape index (κ2) is 20.9. The first-order chi connectivity index (χ1) is 26.6. The van der Waals surface area contributed by atoms with Crippen LogP contribution in [-0.4, -0.2) is 105 Å². The molecule has 57 heavy (non-hydrogen) atoms. The third-order valence-electron chi connectivity index (χ3n) is 7.38. The van der Waals surface area contributed by atoms with E-state index >= 15 is 0 Å². The molecule has 6 N–H and O–H groups in total. The minimum absolute atomic E-state index is 0.0375. The molecule has 2 aromatic rings. The van der Waals surface area contributed by atoms with E-state index in [9.17, 15) is 28.8 Å². The number of benzene rings is 2. The number of likely N-dealkylation sites (N-methyl/N-ethyl adjacent to an activating group) is 2. The Morgan fingerprint density at radius 2 is 1.21 bits per heavy atom. The maximum atomic E-state index is 12.7. The van der Waals surface area contributed by atoms with Gasteiger partial charge in [-0.15, -0.1) is 0 Å². The number of nitrogens with one attached hydrogen (secondary N) is 3. The number of carbonyl (C=O) groups is 6. The van der Waals surface area contributed by atoms with Crippen LogP contribution in [0.1, 0.15) is 75.1 Å². The van der Waals surface area contributed by atoms with Gasteiger partial charge in [-0.05, 0) is 77.9 Å². The second-order valence-electron chi connectivity index (χ2n) is 14.3. The fraction of sp³-hybridized carbons (Fsp3) is 0.474. The minimum atomic E-state index is -1.11. The number of hydrogen-bond acceptors (Lipinski definition) is 13. The second-order valence-corrected chi connectivity index (χ2v) is 14.3. The lowest BCUT2D eigenvalue weighted by atomic mass is 10.1. The van der Waals surface area contributed by atoms with Crippen molar-refractivity contribution >= 4 is 47.3 Å². The number of aromatic carboxylic acids is 1. The van der Waals surface area contributed by atoms with Crippen LogP contribution in [-0.2, 0) is 19.1 Å². The van der Waals surface area contributed by atoms with Gasteiger partial charge < -0.3 is 55.5 Å². The molecule has 0 saturated carbocycles. The highest BCUT2D eigenvalue weighted by atomic mass is 16.6. The van der Waals surface area contributed by atoms with Crippen molar-refractivity contribution in [2.24, 2.45) is 5.73 Å². The molecule has 2 heterocycles. The molecular formula is C38H50N8O11. The molecular weight excluding hydrogens is 744 g/mol. The van der Waals surface area contributed by atoms with Crippen LogP contribution in [0.4, 0.5) is 21.0 Å². The highest BCUT2D eigenvalue weighted by Gasteiger charge is 2.34. The molecule has 0 spiro atoms. The zero-order valence-corrected chi connectivity index (χ0v) is 33.3. The summed E-state index contributed by atoms with van der Waals surface area (Å²) in [6.07, 6.45) is -0.766. The van der Waals surface area contributed by atoms with Gasteiger partial charge in [-0.3, -0.25) is 14.4 Å². The van der Waals surface area contributed by atoms with Crippen molar-refractivity contribution in [3.63, 3.8) is 0 Å². The maximum absolute atomic E-state index is 12.7. The number of anilines is 2. The smallest absolute Gasteiger partial charge is 0.408 e. The molecule has 2 aromatic carbocycles. The van der Waals surface area contributed by atoms with Crippen LogP contribution in [0.3, 0.4) is 0 Å². The first kappa shape index (κ1) is 46.6. The monoisotopic (exact) mass is 794 g/mol. The summed E-state index contributed by atoms with van der Waals surface area (Å²) >= 11 is 0. The van der Waals surface area contributed by atoms with Crippen LogP contribution in [0, 0.1) is 22.7 Å². The zero-order valence-electron chi connectivity index (χ0n) is 33.3. The third-order valence-corrected chi connectivity index (χ3v) is 7.38. The van der Waals surface area contributed by atoms with E-state index in [0.717, 1.165) is 0 Å². The molecule has 4 rings (SSSR count). The molecule has 2 aliphatic heterocycles. The predicted octanol–water partition coefficient (Wildman–Crippen LogP) is 3.07. The van der Waals surface area contributed by atoms with Gasteiger partial charge in [0, 0.05) is 39.2 Å². The molecule has 0 bridgehead atoms. The lowest BCUT2D eigenvalue weighted by Gasteiger charge is -2.23. The molecule has 0 aliphatic carbocycles. The van der Waals surface area contributed by atoms with Gasteiger partial charge in [0.05, 0.1) is 35.5 Å². The van der Waals surface area contributed by atoms with Crippen molar-refractivity contribution in [2.75, 3.05) is 50.2 Å². The minimum Gasteiger partial charge on any atom is -0.489 e. The number of nitrogens with zero attached hydrogens (tertiary/aromatic N) is 4. The van der Waals surface area contributed by atoms with E-state index in [2.05, 4.69) is 16.0 Å². The Morgan fingerprint density at radius 3 is 1.58 bits per heavy atom. The van der Waals surface area contributed by atoms with Crippen molar-refractivity contribution < 1.29 is 52.8 Å². The van der Waals surface area contributed by atoms with Crippen molar-refractivity contribution in [3.8, 4) is 23.6 Å². The standard InChI is InChI=1S/C19H24N4O5.C16H20N2O6.C3H6N2/c1-19(2,3)28-18(26)22-13-11-27-15-7-6-12(16(24)21-9-5-8-20)10-14(15)23(4)17(13)25;1-16(2,3)24-15(22)17-10-8-23-12-6-5-9(14(20)21)7-11(12)18(4)13(10)19;4-2-1-3-5/h6-7,10,13H,5,9,11H2,1-4H3,(H,21,24)(H,22,26);5-7,10H,8H2,1-4H3,(H,17,22)(H,20,21);1-2,4H2/t13-;10-;/m00./s1. The van der Waals surface area contributed by atoms with Gasteiger partial charge in [0.1, 0.15) is 48.0 Å². The van der Waals surface area contributed by atoms with E-state index < -0.39 is 53.3 Å². The van der Waals surface area contributed by atoms with Crippen molar-refractivity contribution in [1.29, 1.82) is 10.5 Å². The average Bonchev–Trinajstić information content (AvgIpc) is 3.31. The summed E-state index contributed by atoms with van der Waals surface area (Å²) in [6, 6.07) is 10.9. The maximum Gasteiger partial charge on any atom is 0.408 e. The first-order valence-electron chi connectivity index (χ1n) is 17.7. The molecule has 0 aromatic heterocycles. The van der Waals surface area contributed by atoms with Gasteiger partial charge >= 0.3 is 18.2 Å². The van der Waals surface area contributed by atoms with Gasteiger partial charge in [0.2, 0.25) is 0 Å². The molecule has 0 saturated heterocycles. The topological polar surface area (TPSA) is 276 Å². The number of nitrogens with two attached hydrogens (primary N) is 1. The number of carboxylic acid groups (broad SMARTS) is 1. The lowest BCUT2D eigenvalue weighted by molar-refractivity contribution is -0.121. The molecule has 308 valence electrons. The van der Waals surface area contributed by atoms with Crippen LogP contribution in [0.25, 0.3) is 0 Å². The highest BCUT2D eigenvalue weighted by Crippen LogP contribution is 2.33. The van der Waals surface area contributed by atoms with Gasteiger partial charge in [-0.25, -0.2) is 14.4 Å². The number of carbonyl (C=O) groups excluding carboxylic acids is 5. The van der Waals surface area contributed by atoms with Crippen LogP contribution in [0.5, 0.6) is 11.5 Å². The quantitative estimate of drug-likeness (QED) is 0.252. The van der Waals surface area contributed by atoms with Crippen LogP contribution in [0.2, 0.25) is 0 Å². The Morgan fingerprint density at radius 1 is 0.789 bits per heavy atom. The predicted molar refractivity (Wildman–Crippen MR) is 206 cm³/mol. The van der Waals surface area contributed by atoms with Crippen molar-refractivity contribution in [2.45, 2.75) is 77.7 Å². The zero-order chi connectivity index (χ0) is 43.1. The molecule has 0 fully saturated rings. The van der Waals surface area contributed by atoms with Gasteiger partial charge in [-0.1, -0.05) is 0 Å². The van der Waals surface area contributed by atoms with Crippen molar-refractivity contribution in [3.05, 3.63) is 47.5 Å². The van der Waals surface area contributed by atoms with E-state index in [4.69, 9.17) is 40.3 Å². The largest absolute Gasteiger partial charge is 0.489 e. The van der Waals surface area contributed by atoms with E-state index in [1.807, 2.05) is 12.1 Å². The van der Waals surface area contributed by atoms with Crippen LogP contribution < -0.4 is 41.0 Å². The molecule has 19 heteroatoms. The Bertz CT molecular complexity index is 1880. The Labute approximate surface area is 330 Å². The number of amides is 5. The summed E-state index contributed by atoms with van der Waals surface area (Å²) < 4.78 is 21.5. The Balaban J connectivity index is 0.000000355. The van der Waals surface area contributed by atoms with Gasteiger partial charge in [0.15, 0.2) is 0 Å². The molecule has 2 aliphatic rings. The first-order valence-corrected chi connectivity index (χ1v) is 17.7. The van der Waals surface area contributed by atoms with E-state index in [0.29, 0.717) is 41.4 Å². The summed E-state index contributed by atoms with van der Waals surface area (Å²) in [5.41, 5.74) is 4.64. The molecule has 0 unspecified atom stereocenters. The number of rotatable bonds is 7. The number of ether oxygens (including phenoxy) is 4. The summed E-state index contributed by atoms with van der Waals surface area (Å²) in [5, 5.41) is 33.0. The SMILES string of the molecule is CN1C(=O)[C@@H](NC(=O)OC(C)(C)C)COc2ccc(C(=O)NCCC#N)cc21.CN1C(=O)[C@@H](NC(=O)OC(C)(C)C)COc2ccc(C(=O)O)cc21.N#CCCN. The Kier molecular flexibility index (Phi) is 17.1. The summed E-state index contributed by atoms with van der Waals surface area (Å²) in [6.45, 7) is 10.9. The highest BCUT2D eigenvalue weighted by molar-refractivity contribution is 6.03. The number of alkyl carbamates (subject to hydrolysis) is 2. The van der Waals surface area contributed by atoms with Crippen LogP contribution >= 0.6 is 0 Å².